The molecule has 0 amide bonds. The summed E-state index contributed by atoms with van der Waals surface area (Å²) in [5.41, 5.74) is 1.03. The van der Waals surface area contributed by atoms with Crippen LogP contribution in [-0.4, -0.2) is 11.6 Å². The molecule has 2 nitrogen and oxygen atoms in total. The molecule has 4 heteroatoms. The van der Waals surface area contributed by atoms with Crippen molar-refractivity contribution >= 4 is 23.2 Å². The summed E-state index contributed by atoms with van der Waals surface area (Å²) < 4.78 is 6.06. The standard InChI is InChI=1S/C16H25Cl2NO/c1-6-13(7-2)20-15-11(10-19-16(3,4)5)8-12(17)9-14(15)18/h8-9,13,19H,6-7,10H2,1-5H3. The van der Waals surface area contributed by atoms with Crippen molar-refractivity contribution in [3.63, 3.8) is 0 Å². The Labute approximate surface area is 132 Å². The van der Waals surface area contributed by atoms with Crippen molar-refractivity contribution in [2.24, 2.45) is 0 Å². The van der Waals surface area contributed by atoms with Gasteiger partial charge in [0, 0.05) is 22.7 Å². The minimum absolute atomic E-state index is 0.0287. The average molecular weight is 318 g/mol. The molecule has 0 atom stereocenters. The van der Waals surface area contributed by atoms with Crippen LogP contribution in [0.5, 0.6) is 5.75 Å². The Bertz CT molecular complexity index is 437. The summed E-state index contributed by atoms with van der Waals surface area (Å²) in [5, 5.41) is 4.66. The van der Waals surface area contributed by atoms with E-state index >= 15 is 0 Å². The topological polar surface area (TPSA) is 21.3 Å². The van der Waals surface area contributed by atoms with Gasteiger partial charge >= 0.3 is 0 Å². The molecule has 0 fully saturated rings. The molecule has 1 aromatic carbocycles. The fourth-order valence-electron chi connectivity index (χ4n) is 1.86. The van der Waals surface area contributed by atoms with Gasteiger partial charge < -0.3 is 10.1 Å². The largest absolute Gasteiger partial charge is 0.489 e. The predicted molar refractivity (Wildman–Crippen MR) is 88.1 cm³/mol. The summed E-state index contributed by atoms with van der Waals surface area (Å²) in [6, 6.07) is 3.66. The van der Waals surface area contributed by atoms with E-state index in [1.165, 1.54) is 0 Å². The molecular weight excluding hydrogens is 293 g/mol. The van der Waals surface area contributed by atoms with Gasteiger partial charge in [-0.1, -0.05) is 37.0 Å². The number of rotatable bonds is 6. The Morgan fingerprint density at radius 2 is 1.75 bits per heavy atom. The number of halogens is 2. The van der Waals surface area contributed by atoms with Gasteiger partial charge in [0.15, 0.2) is 0 Å². The van der Waals surface area contributed by atoms with Crippen LogP contribution in [0.1, 0.15) is 53.0 Å². The second kappa shape index (κ2) is 7.53. The highest BCUT2D eigenvalue weighted by Crippen LogP contribution is 2.34. The maximum Gasteiger partial charge on any atom is 0.142 e. The maximum absolute atomic E-state index is 6.31. The van der Waals surface area contributed by atoms with E-state index < -0.39 is 0 Å². The first-order valence-corrected chi connectivity index (χ1v) is 7.92. The van der Waals surface area contributed by atoms with E-state index in [1.54, 1.807) is 6.07 Å². The molecule has 0 radical (unpaired) electrons. The highest BCUT2D eigenvalue weighted by Gasteiger charge is 2.16. The van der Waals surface area contributed by atoms with E-state index in [-0.39, 0.29) is 11.6 Å². The second-order valence-corrected chi connectivity index (χ2v) is 6.88. The lowest BCUT2D eigenvalue weighted by Crippen LogP contribution is -2.35. The average Bonchev–Trinajstić information content (AvgIpc) is 2.34. The third kappa shape index (κ3) is 5.51. The Balaban J connectivity index is 3.01. The molecule has 0 aliphatic heterocycles. The lowest BCUT2D eigenvalue weighted by molar-refractivity contribution is 0.190. The molecule has 1 rings (SSSR count). The molecule has 20 heavy (non-hydrogen) atoms. The van der Waals surface area contributed by atoms with Gasteiger partial charge in [-0.25, -0.2) is 0 Å². The summed E-state index contributed by atoms with van der Waals surface area (Å²) in [5.74, 6) is 0.751. The maximum atomic E-state index is 6.31. The van der Waals surface area contributed by atoms with Crippen LogP contribution in [0.15, 0.2) is 12.1 Å². The summed E-state index contributed by atoms with van der Waals surface area (Å²) in [6.07, 6.45) is 2.10. The van der Waals surface area contributed by atoms with Crippen LogP contribution in [0, 0.1) is 0 Å². The van der Waals surface area contributed by atoms with Crippen LogP contribution >= 0.6 is 23.2 Å². The van der Waals surface area contributed by atoms with Crippen molar-refractivity contribution < 1.29 is 4.74 Å². The molecule has 0 saturated heterocycles. The van der Waals surface area contributed by atoms with Gasteiger partial charge in [0.25, 0.3) is 0 Å². The van der Waals surface area contributed by atoms with Crippen LogP contribution < -0.4 is 10.1 Å². The second-order valence-electron chi connectivity index (χ2n) is 6.04. The first kappa shape index (κ1) is 17.6. The monoisotopic (exact) mass is 317 g/mol. The highest BCUT2D eigenvalue weighted by molar-refractivity contribution is 6.35. The van der Waals surface area contributed by atoms with E-state index in [4.69, 9.17) is 27.9 Å². The Morgan fingerprint density at radius 3 is 2.25 bits per heavy atom. The lowest BCUT2D eigenvalue weighted by atomic mass is 10.1. The summed E-state index contributed by atoms with van der Waals surface area (Å²) in [4.78, 5) is 0. The van der Waals surface area contributed by atoms with E-state index in [2.05, 4.69) is 39.9 Å². The molecule has 0 aliphatic carbocycles. The minimum atomic E-state index is 0.0287. The zero-order chi connectivity index (χ0) is 15.3. The van der Waals surface area contributed by atoms with E-state index in [1.807, 2.05) is 6.07 Å². The Morgan fingerprint density at radius 1 is 1.15 bits per heavy atom. The SMILES string of the molecule is CCC(CC)Oc1c(Cl)cc(Cl)cc1CNC(C)(C)C. The Hall–Kier alpha value is -0.440. The smallest absolute Gasteiger partial charge is 0.142 e. The van der Waals surface area contributed by atoms with Crippen molar-refractivity contribution in [1.82, 2.24) is 5.32 Å². The molecule has 0 saturated carbocycles. The number of benzene rings is 1. The molecular formula is C16H25Cl2NO. The molecule has 1 aromatic rings. The Kier molecular flexibility index (Phi) is 6.63. The third-order valence-electron chi connectivity index (χ3n) is 3.09. The molecule has 0 heterocycles. The first-order valence-electron chi connectivity index (χ1n) is 7.16. The number of ether oxygens (including phenoxy) is 1. The molecule has 0 unspecified atom stereocenters. The van der Waals surface area contributed by atoms with Gasteiger partial charge in [-0.15, -0.1) is 0 Å². The van der Waals surface area contributed by atoms with Gasteiger partial charge in [-0.3, -0.25) is 0 Å². The van der Waals surface area contributed by atoms with Gasteiger partial charge in [0.2, 0.25) is 0 Å². The van der Waals surface area contributed by atoms with E-state index in [0.29, 0.717) is 16.6 Å². The van der Waals surface area contributed by atoms with Crippen molar-refractivity contribution in [3.05, 3.63) is 27.7 Å². The lowest BCUT2D eigenvalue weighted by Gasteiger charge is -2.24. The zero-order valence-electron chi connectivity index (χ0n) is 13.0. The quantitative estimate of drug-likeness (QED) is 0.753. The van der Waals surface area contributed by atoms with Gasteiger partial charge in [0.1, 0.15) is 5.75 Å². The van der Waals surface area contributed by atoms with E-state index in [0.717, 1.165) is 24.2 Å². The number of nitrogens with one attached hydrogen (secondary N) is 1. The molecule has 0 aliphatic rings. The fourth-order valence-corrected chi connectivity index (χ4v) is 2.44. The van der Waals surface area contributed by atoms with Crippen LogP contribution in [-0.2, 0) is 6.54 Å². The molecule has 1 N–H and O–H groups in total. The minimum Gasteiger partial charge on any atom is -0.489 e. The highest BCUT2D eigenvalue weighted by atomic mass is 35.5. The van der Waals surface area contributed by atoms with Crippen LogP contribution in [0.2, 0.25) is 10.0 Å². The van der Waals surface area contributed by atoms with Crippen LogP contribution in [0.4, 0.5) is 0 Å². The van der Waals surface area contributed by atoms with Gasteiger partial charge in [0.05, 0.1) is 11.1 Å². The van der Waals surface area contributed by atoms with Crippen molar-refractivity contribution in [2.45, 2.75) is 65.6 Å². The zero-order valence-corrected chi connectivity index (χ0v) is 14.5. The number of hydrogen-bond acceptors (Lipinski definition) is 2. The van der Waals surface area contributed by atoms with Crippen LogP contribution in [0.25, 0.3) is 0 Å². The van der Waals surface area contributed by atoms with Crippen molar-refractivity contribution in [3.8, 4) is 5.75 Å². The van der Waals surface area contributed by atoms with Gasteiger partial charge in [-0.05, 0) is 45.7 Å². The summed E-state index contributed by atoms with van der Waals surface area (Å²) in [6.45, 7) is 11.3. The molecule has 0 spiro atoms. The first-order chi connectivity index (χ1) is 9.26. The van der Waals surface area contributed by atoms with E-state index in [9.17, 15) is 0 Å². The van der Waals surface area contributed by atoms with Gasteiger partial charge in [-0.2, -0.15) is 0 Å². The predicted octanol–water partition coefficient (Wildman–Crippen LogP) is 5.45. The number of hydrogen-bond donors (Lipinski definition) is 1. The fraction of sp³-hybridized carbons (Fsp3) is 0.625. The van der Waals surface area contributed by atoms with Crippen LogP contribution in [0.3, 0.4) is 0 Å². The van der Waals surface area contributed by atoms with Crippen molar-refractivity contribution in [1.29, 1.82) is 0 Å². The summed E-state index contributed by atoms with van der Waals surface area (Å²) >= 11 is 12.4. The third-order valence-corrected chi connectivity index (χ3v) is 3.59. The van der Waals surface area contributed by atoms with Crippen molar-refractivity contribution in [2.75, 3.05) is 0 Å². The molecule has 0 bridgehead atoms. The summed E-state index contributed by atoms with van der Waals surface area (Å²) in [7, 11) is 0. The normalized spacial score (nSPS) is 12.0. The molecule has 0 aromatic heterocycles. The molecule has 114 valence electrons.